The van der Waals surface area contributed by atoms with Gasteiger partial charge < -0.3 is 15.1 Å². The summed E-state index contributed by atoms with van der Waals surface area (Å²) >= 11 is 0. The summed E-state index contributed by atoms with van der Waals surface area (Å²) in [7, 11) is 0. The van der Waals surface area contributed by atoms with E-state index < -0.39 is 47.7 Å². The maximum absolute atomic E-state index is 11.7. The van der Waals surface area contributed by atoms with Gasteiger partial charge in [-0.15, -0.1) is 0 Å². The molecule has 2 fully saturated rings. The minimum absolute atomic E-state index is 0.440. The van der Waals surface area contributed by atoms with E-state index in [0.29, 0.717) is 0 Å². The molecule has 0 aromatic heterocycles. The highest BCUT2D eigenvalue weighted by atomic mass is 16.4. The molecule has 2 aliphatic heterocycles. The Hall–Kier alpha value is -1.43. The Bertz CT molecular complexity index is 377. The second-order valence-corrected chi connectivity index (χ2v) is 4.43. The standard InChI is InChI=1S/C10H13NO5/c1-3-6-5(4(2)12)9(14)11(6)7(8(3)13)10(15)16/h3-7,12H,1-2H3,(H,15,16)/t3-,4?,5-,6+,7?/m1/s1. The molecule has 6 nitrogen and oxygen atoms in total. The van der Waals surface area contributed by atoms with Crippen LogP contribution in [0.25, 0.3) is 0 Å². The van der Waals surface area contributed by atoms with Crippen LogP contribution in [0.4, 0.5) is 0 Å². The minimum Gasteiger partial charge on any atom is -0.479 e. The van der Waals surface area contributed by atoms with Gasteiger partial charge in [-0.1, -0.05) is 6.92 Å². The first-order valence-corrected chi connectivity index (χ1v) is 5.14. The van der Waals surface area contributed by atoms with E-state index in [1.807, 2.05) is 0 Å². The van der Waals surface area contributed by atoms with E-state index in [9.17, 15) is 19.5 Å². The van der Waals surface area contributed by atoms with Gasteiger partial charge in [-0.25, -0.2) is 4.79 Å². The molecule has 6 heteroatoms. The van der Waals surface area contributed by atoms with Crippen LogP contribution in [0, 0.1) is 11.8 Å². The topological polar surface area (TPSA) is 94.9 Å². The van der Waals surface area contributed by atoms with E-state index in [0.717, 1.165) is 4.90 Å². The molecule has 2 aliphatic rings. The number of carboxylic acids is 1. The van der Waals surface area contributed by atoms with Crippen LogP contribution in [0.3, 0.4) is 0 Å². The number of carboxylic acid groups (broad SMARTS) is 1. The zero-order valence-corrected chi connectivity index (χ0v) is 8.95. The fourth-order valence-electron chi connectivity index (χ4n) is 2.69. The van der Waals surface area contributed by atoms with Crippen molar-refractivity contribution in [2.75, 3.05) is 0 Å². The lowest BCUT2D eigenvalue weighted by Crippen LogP contribution is -2.65. The van der Waals surface area contributed by atoms with E-state index in [1.54, 1.807) is 6.92 Å². The average Bonchev–Trinajstić information content (AvgIpc) is 2.38. The number of nitrogens with zero attached hydrogens (tertiary/aromatic N) is 1. The number of aliphatic hydroxyl groups excluding tert-OH is 1. The molecule has 2 rings (SSSR count). The first-order valence-electron chi connectivity index (χ1n) is 5.14. The van der Waals surface area contributed by atoms with Crippen LogP contribution in [0.2, 0.25) is 0 Å². The predicted octanol–water partition coefficient (Wildman–Crippen LogP) is -1.13. The van der Waals surface area contributed by atoms with Gasteiger partial charge in [0.1, 0.15) is 0 Å². The van der Waals surface area contributed by atoms with Gasteiger partial charge in [0.2, 0.25) is 5.91 Å². The second kappa shape index (κ2) is 3.28. The molecule has 0 aromatic carbocycles. The summed E-state index contributed by atoms with van der Waals surface area (Å²) in [6.07, 6.45) is -0.850. The molecule has 0 saturated carbocycles. The minimum atomic E-state index is -1.36. The molecule has 0 spiro atoms. The number of carbonyl (C=O) groups is 3. The highest BCUT2D eigenvalue weighted by molar-refractivity contribution is 6.11. The summed E-state index contributed by atoms with van der Waals surface area (Å²) in [5, 5.41) is 18.3. The molecule has 0 aromatic rings. The number of amides is 1. The number of β-lactam (4-membered cyclic amide) rings is 1. The molecule has 2 saturated heterocycles. The van der Waals surface area contributed by atoms with Crippen molar-refractivity contribution in [1.29, 1.82) is 0 Å². The summed E-state index contributed by atoms with van der Waals surface area (Å²) in [4.78, 5) is 35.3. The summed E-state index contributed by atoms with van der Waals surface area (Å²) in [6.45, 7) is 3.08. The van der Waals surface area contributed by atoms with Crippen LogP contribution in [0.15, 0.2) is 0 Å². The fraction of sp³-hybridized carbons (Fsp3) is 0.700. The van der Waals surface area contributed by atoms with Crippen molar-refractivity contribution in [2.45, 2.75) is 32.0 Å². The Morgan fingerprint density at radius 3 is 2.44 bits per heavy atom. The Labute approximate surface area is 91.8 Å². The first-order chi connectivity index (χ1) is 7.37. The van der Waals surface area contributed by atoms with Crippen molar-refractivity contribution < 1.29 is 24.6 Å². The lowest BCUT2D eigenvalue weighted by Gasteiger charge is -2.46. The third-order valence-electron chi connectivity index (χ3n) is 3.49. The van der Waals surface area contributed by atoms with Gasteiger partial charge in [0.25, 0.3) is 0 Å². The maximum Gasteiger partial charge on any atom is 0.334 e. The first kappa shape index (κ1) is 11.1. The fourth-order valence-corrected chi connectivity index (χ4v) is 2.69. The summed E-state index contributed by atoms with van der Waals surface area (Å²) in [6, 6.07) is -1.82. The van der Waals surface area contributed by atoms with E-state index in [1.165, 1.54) is 6.92 Å². The van der Waals surface area contributed by atoms with Crippen LogP contribution in [0.1, 0.15) is 13.8 Å². The van der Waals surface area contributed by atoms with Crippen LogP contribution in [0.5, 0.6) is 0 Å². The monoisotopic (exact) mass is 227 g/mol. The quantitative estimate of drug-likeness (QED) is 0.459. The van der Waals surface area contributed by atoms with E-state index >= 15 is 0 Å². The molecule has 1 amide bonds. The third-order valence-corrected chi connectivity index (χ3v) is 3.49. The van der Waals surface area contributed by atoms with Gasteiger partial charge in [-0.3, -0.25) is 9.59 Å². The number of aliphatic hydroxyl groups is 1. The second-order valence-electron chi connectivity index (χ2n) is 4.43. The van der Waals surface area contributed by atoms with Crippen molar-refractivity contribution in [1.82, 2.24) is 4.90 Å². The number of fused-ring (bicyclic) bond motifs is 1. The van der Waals surface area contributed by atoms with E-state index in [4.69, 9.17) is 5.11 Å². The number of rotatable bonds is 2. The summed E-state index contributed by atoms with van der Waals surface area (Å²) in [5.74, 6) is -3.34. The van der Waals surface area contributed by atoms with Crippen molar-refractivity contribution in [2.24, 2.45) is 11.8 Å². The Morgan fingerprint density at radius 1 is 1.44 bits per heavy atom. The summed E-state index contributed by atoms with van der Waals surface area (Å²) < 4.78 is 0. The van der Waals surface area contributed by atoms with Crippen molar-refractivity contribution in [3.8, 4) is 0 Å². The smallest absolute Gasteiger partial charge is 0.334 e. The molecular formula is C10H13NO5. The number of hydrogen-bond donors (Lipinski definition) is 2. The van der Waals surface area contributed by atoms with Crippen molar-refractivity contribution >= 4 is 17.7 Å². The largest absolute Gasteiger partial charge is 0.479 e. The van der Waals surface area contributed by atoms with Crippen LogP contribution in [-0.4, -0.2) is 51.0 Å². The lowest BCUT2D eigenvalue weighted by molar-refractivity contribution is -0.171. The molecule has 2 heterocycles. The normalized spacial score (nSPS) is 39.3. The molecule has 5 atom stereocenters. The lowest BCUT2D eigenvalue weighted by atomic mass is 9.79. The average molecular weight is 227 g/mol. The molecule has 2 unspecified atom stereocenters. The van der Waals surface area contributed by atoms with Gasteiger partial charge in [0, 0.05) is 5.92 Å². The molecule has 0 aliphatic carbocycles. The maximum atomic E-state index is 11.7. The highest BCUT2D eigenvalue weighted by Crippen LogP contribution is 2.42. The molecule has 0 radical (unpaired) electrons. The number of hydrogen-bond acceptors (Lipinski definition) is 4. The van der Waals surface area contributed by atoms with Crippen LogP contribution < -0.4 is 0 Å². The van der Waals surface area contributed by atoms with Gasteiger partial charge in [0.05, 0.1) is 18.1 Å². The van der Waals surface area contributed by atoms with Crippen LogP contribution in [-0.2, 0) is 14.4 Å². The molecule has 0 bridgehead atoms. The van der Waals surface area contributed by atoms with Crippen molar-refractivity contribution in [3.05, 3.63) is 0 Å². The van der Waals surface area contributed by atoms with Crippen molar-refractivity contribution in [3.63, 3.8) is 0 Å². The van der Waals surface area contributed by atoms with Gasteiger partial charge in [0.15, 0.2) is 11.8 Å². The number of aliphatic carboxylic acids is 1. The van der Waals surface area contributed by atoms with Crippen LogP contribution >= 0.6 is 0 Å². The van der Waals surface area contributed by atoms with Gasteiger partial charge in [-0.2, -0.15) is 0 Å². The number of Topliss-reactive ketones (excluding diaryl/α,β-unsaturated/α-hetero) is 1. The Kier molecular flexibility index (Phi) is 2.27. The molecule has 88 valence electrons. The van der Waals surface area contributed by atoms with Gasteiger partial charge >= 0.3 is 5.97 Å². The highest BCUT2D eigenvalue weighted by Gasteiger charge is 2.64. The third kappa shape index (κ3) is 1.13. The van der Waals surface area contributed by atoms with E-state index in [2.05, 4.69) is 0 Å². The SMILES string of the molecule is CC(O)[C@H]1C(=O)N2C(C(=O)O)C(=O)[C@H](C)[C@@H]12. The Morgan fingerprint density at radius 2 is 2.00 bits per heavy atom. The van der Waals surface area contributed by atoms with E-state index in [-0.39, 0.29) is 0 Å². The molecular weight excluding hydrogens is 214 g/mol. The zero-order valence-electron chi connectivity index (χ0n) is 8.95. The summed E-state index contributed by atoms with van der Waals surface area (Å²) in [5.41, 5.74) is 0. The molecule has 2 N–H and O–H groups in total. The Balaban J connectivity index is 2.32. The number of ketones is 1. The predicted molar refractivity (Wildman–Crippen MR) is 51.4 cm³/mol. The molecule has 16 heavy (non-hydrogen) atoms. The number of carbonyl (C=O) groups excluding carboxylic acids is 2. The zero-order chi connectivity index (χ0) is 12.2. The van der Waals surface area contributed by atoms with Gasteiger partial charge in [-0.05, 0) is 6.92 Å².